The van der Waals surface area contributed by atoms with E-state index < -0.39 is 53.3 Å². The second-order valence-corrected chi connectivity index (χ2v) is 17.4. The second kappa shape index (κ2) is 16.2. The van der Waals surface area contributed by atoms with E-state index in [0.29, 0.717) is 29.7 Å². The van der Waals surface area contributed by atoms with Gasteiger partial charge in [-0.15, -0.1) is 0 Å². The van der Waals surface area contributed by atoms with Crippen LogP contribution in [0.5, 0.6) is 0 Å². The second-order valence-electron chi connectivity index (χ2n) is 10.1. The van der Waals surface area contributed by atoms with E-state index >= 15 is 0 Å². The molecule has 0 spiro atoms. The van der Waals surface area contributed by atoms with Gasteiger partial charge >= 0.3 is 23.5 Å². The van der Waals surface area contributed by atoms with Gasteiger partial charge in [0.05, 0.1) is 19.0 Å². The van der Waals surface area contributed by atoms with Gasteiger partial charge in [0, 0.05) is 23.3 Å². The van der Waals surface area contributed by atoms with Crippen molar-refractivity contribution in [3.63, 3.8) is 0 Å². The van der Waals surface area contributed by atoms with Crippen molar-refractivity contribution >= 4 is 67.9 Å². The molecule has 24 heteroatoms. The molecular weight excluding hydrogens is 713 g/mol. The lowest BCUT2D eigenvalue weighted by Crippen LogP contribution is -2.36. The molecule has 2 aromatic heterocycles. The van der Waals surface area contributed by atoms with Crippen molar-refractivity contribution in [1.82, 2.24) is 24.8 Å². The van der Waals surface area contributed by atoms with Crippen LogP contribution < -0.4 is 11.1 Å². The lowest BCUT2D eigenvalue weighted by atomic mass is 10.1. The highest BCUT2D eigenvalue weighted by Crippen LogP contribution is 2.66. The maximum absolute atomic E-state index is 12.4. The molecule has 1 amide bonds. The summed E-state index contributed by atoms with van der Waals surface area (Å²) in [5, 5.41) is 2.88. The zero-order valence-corrected chi connectivity index (χ0v) is 29.1. The van der Waals surface area contributed by atoms with E-state index in [2.05, 4.69) is 35.5 Å². The quantitative estimate of drug-likeness (QED) is 0.0319. The number of hydrogen-bond acceptors (Lipinski definition) is 15. The first kappa shape index (κ1) is 38.8. The number of ether oxygens (including phenoxy) is 2. The number of aromatic nitrogens is 4. The summed E-state index contributed by atoms with van der Waals surface area (Å²) in [6, 6.07) is 0. The summed E-state index contributed by atoms with van der Waals surface area (Å²) in [7, 11) is -13.9. The van der Waals surface area contributed by atoms with Crippen molar-refractivity contribution in [2.45, 2.75) is 56.8 Å². The molecule has 3 rings (SSSR count). The number of phosphoric ester groups is 1. The van der Waals surface area contributed by atoms with Crippen LogP contribution >= 0.6 is 45.1 Å². The molecule has 2 aromatic rings. The van der Waals surface area contributed by atoms with Gasteiger partial charge in [0.15, 0.2) is 11.5 Å². The summed E-state index contributed by atoms with van der Waals surface area (Å²) in [5.74, 6) is -0.00553. The van der Waals surface area contributed by atoms with Crippen LogP contribution in [0.4, 0.5) is 5.82 Å². The largest absolute Gasteiger partial charge is 0.490 e. The van der Waals surface area contributed by atoms with Gasteiger partial charge < -0.3 is 40.1 Å². The Hall–Kier alpha value is -1.67. The molecule has 1 fully saturated rings. The van der Waals surface area contributed by atoms with Gasteiger partial charge in [-0.25, -0.2) is 28.6 Å². The predicted molar refractivity (Wildman–Crippen MR) is 169 cm³/mol. The van der Waals surface area contributed by atoms with Crippen molar-refractivity contribution < 1.29 is 60.7 Å². The molecule has 19 nitrogen and oxygen atoms in total. The van der Waals surface area contributed by atoms with Crippen LogP contribution in [0.1, 0.15) is 39.8 Å². The Balaban J connectivity index is 1.66. The van der Waals surface area contributed by atoms with Crippen LogP contribution in [0.3, 0.4) is 0 Å². The SMILES string of the molecule is C=C/C(=C\CC)C(=O)NCC(C)(C)SSCOC1C[C@H](n2cnc3c(N)ncnc32)O[C@@H]1COP(=O)(O)OP(=O)(O)OP(=O)(O)O. The minimum Gasteiger partial charge on any atom is -0.382 e. The summed E-state index contributed by atoms with van der Waals surface area (Å²) < 4.78 is 60.5. The van der Waals surface area contributed by atoms with E-state index in [0.717, 1.165) is 0 Å². The van der Waals surface area contributed by atoms with Crippen molar-refractivity contribution in [1.29, 1.82) is 0 Å². The number of fused-ring (bicyclic) bond motifs is 1. The number of amides is 1. The number of rotatable bonds is 18. The molecule has 1 aliphatic heterocycles. The van der Waals surface area contributed by atoms with E-state index in [9.17, 15) is 28.3 Å². The molecule has 1 aliphatic rings. The van der Waals surface area contributed by atoms with Crippen molar-refractivity contribution in [3.8, 4) is 0 Å². The number of carbonyl (C=O) groups excluding carboxylic acids is 1. The lowest BCUT2D eigenvalue weighted by molar-refractivity contribution is -0.117. The Bertz CT molecular complexity index is 1570. The Labute approximate surface area is 271 Å². The minimum absolute atomic E-state index is 0.0992. The third-order valence-electron chi connectivity index (χ3n) is 5.89. The average Bonchev–Trinajstić information content (AvgIpc) is 3.54. The number of carbonyl (C=O) groups is 1. The molecule has 0 radical (unpaired) electrons. The maximum Gasteiger partial charge on any atom is 0.490 e. The highest BCUT2D eigenvalue weighted by molar-refractivity contribution is 8.77. The van der Waals surface area contributed by atoms with Crippen LogP contribution in [0.25, 0.3) is 11.2 Å². The lowest BCUT2D eigenvalue weighted by Gasteiger charge is -2.24. The standard InChI is InChI=1S/C22H35N6O13P3S2/c1-5-7-14(6-2)21(29)24-10-22(3,4)46-45-13-37-15-8-17(28-12-27-18-19(23)25-11-26-20(18)28)39-16(15)9-38-43(33,34)41-44(35,36)40-42(30,31)32/h6-7,11-12,15-17H,2,5,8-10,13H2,1,3-4H3,(H,24,29)(H,33,34)(H,35,36)(H2,23,25,26)(H2,30,31,32)/b14-7+/t15?,16-,17-/m1/s1. The fourth-order valence-corrected chi connectivity index (χ4v) is 9.16. The highest BCUT2D eigenvalue weighted by Gasteiger charge is 2.43. The summed E-state index contributed by atoms with van der Waals surface area (Å²) in [6.45, 7) is 9.06. The van der Waals surface area contributed by atoms with Gasteiger partial charge in [-0.2, -0.15) is 8.62 Å². The van der Waals surface area contributed by atoms with E-state index in [4.69, 9.17) is 29.5 Å². The Morgan fingerprint density at radius 3 is 2.59 bits per heavy atom. The van der Waals surface area contributed by atoms with Crippen LogP contribution in [-0.4, -0.2) is 81.0 Å². The number of nitrogens with two attached hydrogens (primary N) is 1. The molecule has 0 saturated carbocycles. The van der Waals surface area contributed by atoms with Crippen molar-refractivity contribution in [2.24, 2.45) is 0 Å². The number of nitrogens with one attached hydrogen (secondary N) is 1. The number of allylic oxidation sites excluding steroid dienone is 1. The molecule has 258 valence electrons. The first-order chi connectivity index (χ1) is 21.4. The van der Waals surface area contributed by atoms with E-state index in [1.54, 1.807) is 10.6 Å². The maximum atomic E-state index is 12.4. The number of hydrogen-bond donors (Lipinski definition) is 6. The number of nitrogen functional groups attached to an aromatic ring is 1. The number of anilines is 1. The third-order valence-corrected chi connectivity index (χ3v) is 12.6. The molecular formula is C22H35N6O13P3S2. The molecule has 3 unspecified atom stereocenters. The molecule has 1 saturated heterocycles. The summed E-state index contributed by atoms with van der Waals surface area (Å²) >= 11 is 0. The van der Waals surface area contributed by atoms with E-state index in [1.165, 1.54) is 40.3 Å². The fraction of sp³-hybridized carbons (Fsp3) is 0.545. The summed E-state index contributed by atoms with van der Waals surface area (Å²) in [6.07, 6.45) is 4.15. The van der Waals surface area contributed by atoms with Gasteiger partial charge in [0.25, 0.3) is 5.91 Å². The topological polar surface area (TPSA) is 277 Å². The van der Waals surface area contributed by atoms with Crippen LogP contribution in [0.15, 0.2) is 37.0 Å². The van der Waals surface area contributed by atoms with Gasteiger partial charge in [0.1, 0.15) is 30.1 Å². The molecule has 46 heavy (non-hydrogen) atoms. The predicted octanol–water partition coefficient (Wildman–Crippen LogP) is 3.18. The van der Waals surface area contributed by atoms with Gasteiger partial charge in [-0.05, 0) is 20.3 Å². The first-order valence-electron chi connectivity index (χ1n) is 13.2. The van der Waals surface area contributed by atoms with Gasteiger partial charge in [-0.1, -0.05) is 47.2 Å². The zero-order chi connectivity index (χ0) is 34.3. The minimum atomic E-state index is -5.71. The molecule has 0 aliphatic carbocycles. The normalized spacial score (nSPS) is 22.0. The van der Waals surface area contributed by atoms with Gasteiger partial charge in [-0.3, -0.25) is 13.9 Å². The number of imidazole rings is 1. The molecule has 7 N–H and O–H groups in total. The average molecular weight is 749 g/mol. The molecule has 3 heterocycles. The van der Waals surface area contributed by atoms with Crippen molar-refractivity contribution in [3.05, 3.63) is 37.0 Å². The monoisotopic (exact) mass is 748 g/mol. The van der Waals surface area contributed by atoms with Gasteiger partial charge in [0.2, 0.25) is 0 Å². The van der Waals surface area contributed by atoms with E-state index in [1.807, 2.05) is 20.8 Å². The Kier molecular flexibility index (Phi) is 13.6. The summed E-state index contributed by atoms with van der Waals surface area (Å²) in [5.41, 5.74) is 7.01. The smallest absolute Gasteiger partial charge is 0.382 e. The van der Waals surface area contributed by atoms with Crippen LogP contribution in [0.2, 0.25) is 0 Å². The van der Waals surface area contributed by atoms with E-state index in [-0.39, 0.29) is 24.1 Å². The third kappa shape index (κ3) is 11.8. The Morgan fingerprint density at radius 2 is 1.93 bits per heavy atom. The summed E-state index contributed by atoms with van der Waals surface area (Å²) in [4.78, 5) is 61.5. The number of phosphoric acid groups is 3. The molecule has 0 aromatic carbocycles. The zero-order valence-electron chi connectivity index (χ0n) is 24.8. The molecule has 0 bridgehead atoms. The first-order valence-corrected chi connectivity index (χ1v) is 20.1. The van der Waals surface area contributed by atoms with Crippen molar-refractivity contribution in [2.75, 3.05) is 24.8 Å². The number of nitrogens with zero attached hydrogens (tertiary/aromatic N) is 4. The van der Waals surface area contributed by atoms with Crippen LogP contribution in [-0.2, 0) is 41.1 Å². The fourth-order valence-electron chi connectivity index (χ4n) is 3.96. The highest BCUT2D eigenvalue weighted by atomic mass is 33.1. The Morgan fingerprint density at radius 1 is 1.22 bits per heavy atom. The van der Waals surface area contributed by atoms with Crippen LogP contribution in [0, 0.1) is 0 Å². The molecule has 5 atom stereocenters.